The van der Waals surface area contributed by atoms with E-state index in [1.807, 2.05) is 36.1 Å². The van der Waals surface area contributed by atoms with Crippen LogP contribution < -0.4 is 0 Å². The molecule has 0 spiro atoms. The Morgan fingerprint density at radius 1 is 1.36 bits per heavy atom. The first kappa shape index (κ1) is 16.3. The Balaban J connectivity index is 1.55. The SMILES string of the molecule is COCc1nc([C@H]2CN(C(=O)c3cccc(C)c3)C[C@@H]2C2CC2)n[nH]1. The molecule has 2 atom stereocenters. The Labute approximate surface area is 147 Å². The molecule has 4 rings (SSSR count). The van der Waals surface area contributed by atoms with Gasteiger partial charge in [-0.25, -0.2) is 4.98 Å². The summed E-state index contributed by atoms with van der Waals surface area (Å²) in [6, 6.07) is 7.83. The molecule has 1 aromatic carbocycles. The molecule has 2 heterocycles. The van der Waals surface area contributed by atoms with Gasteiger partial charge in [-0.2, -0.15) is 5.10 Å². The normalized spacial score (nSPS) is 23.2. The second-order valence-electron chi connectivity index (χ2n) is 7.26. The zero-order chi connectivity index (χ0) is 17.4. The van der Waals surface area contributed by atoms with E-state index in [9.17, 15) is 4.79 Å². The Morgan fingerprint density at radius 3 is 2.92 bits per heavy atom. The third kappa shape index (κ3) is 3.31. The highest BCUT2D eigenvalue weighted by molar-refractivity contribution is 5.94. The number of benzene rings is 1. The van der Waals surface area contributed by atoms with E-state index in [1.54, 1.807) is 7.11 Å². The molecule has 25 heavy (non-hydrogen) atoms. The Bertz CT molecular complexity index is 768. The highest BCUT2D eigenvalue weighted by Gasteiger charge is 2.46. The molecule has 2 aromatic rings. The summed E-state index contributed by atoms with van der Waals surface area (Å²) >= 11 is 0. The number of aryl methyl sites for hydroxylation is 1. The molecule has 1 aliphatic heterocycles. The lowest BCUT2D eigenvalue weighted by Gasteiger charge is -2.16. The summed E-state index contributed by atoms with van der Waals surface area (Å²) in [6.07, 6.45) is 2.51. The van der Waals surface area contributed by atoms with Gasteiger partial charge >= 0.3 is 0 Å². The van der Waals surface area contributed by atoms with Crippen molar-refractivity contribution in [1.82, 2.24) is 20.1 Å². The van der Waals surface area contributed by atoms with Gasteiger partial charge in [-0.1, -0.05) is 17.7 Å². The van der Waals surface area contributed by atoms with Gasteiger partial charge in [0.05, 0.1) is 0 Å². The van der Waals surface area contributed by atoms with Crippen molar-refractivity contribution in [3.63, 3.8) is 0 Å². The molecule has 1 aromatic heterocycles. The monoisotopic (exact) mass is 340 g/mol. The molecule has 1 N–H and O–H groups in total. The quantitative estimate of drug-likeness (QED) is 0.908. The van der Waals surface area contributed by atoms with Gasteiger partial charge in [-0.3, -0.25) is 9.89 Å². The van der Waals surface area contributed by atoms with Crippen molar-refractivity contribution in [2.75, 3.05) is 20.2 Å². The first-order valence-corrected chi connectivity index (χ1v) is 8.91. The number of carbonyl (C=O) groups excluding carboxylic acids is 1. The molecule has 132 valence electrons. The van der Waals surface area contributed by atoms with Gasteiger partial charge in [0.25, 0.3) is 5.91 Å². The predicted molar refractivity (Wildman–Crippen MR) is 93.1 cm³/mol. The van der Waals surface area contributed by atoms with Crippen LogP contribution >= 0.6 is 0 Å². The number of hydrogen-bond acceptors (Lipinski definition) is 4. The number of methoxy groups -OCH3 is 1. The van der Waals surface area contributed by atoms with E-state index in [0.29, 0.717) is 25.0 Å². The van der Waals surface area contributed by atoms with Crippen LogP contribution in [-0.4, -0.2) is 46.2 Å². The number of aromatic nitrogens is 3. The molecule has 6 nitrogen and oxygen atoms in total. The second-order valence-corrected chi connectivity index (χ2v) is 7.26. The van der Waals surface area contributed by atoms with Gasteiger partial charge < -0.3 is 9.64 Å². The van der Waals surface area contributed by atoms with Crippen molar-refractivity contribution >= 4 is 5.91 Å². The number of carbonyl (C=O) groups is 1. The summed E-state index contributed by atoms with van der Waals surface area (Å²) in [4.78, 5) is 19.5. The van der Waals surface area contributed by atoms with Gasteiger partial charge in [-0.15, -0.1) is 0 Å². The topological polar surface area (TPSA) is 71.1 Å². The lowest BCUT2D eigenvalue weighted by Crippen LogP contribution is -2.29. The molecule has 0 unspecified atom stereocenters. The number of H-pyrrole nitrogens is 1. The molecule has 1 amide bonds. The molecular weight excluding hydrogens is 316 g/mol. The van der Waals surface area contributed by atoms with E-state index >= 15 is 0 Å². The van der Waals surface area contributed by atoms with Crippen molar-refractivity contribution in [2.45, 2.75) is 32.3 Å². The van der Waals surface area contributed by atoms with Gasteiger partial charge in [0, 0.05) is 31.7 Å². The van der Waals surface area contributed by atoms with Crippen LogP contribution in [0.25, 0.3) is 0 Å². The average Bonchev–Trinajstić information content (AvgIpc) is 3.18. The summed E-state index contributed by atoms with van der Waals surface area (Å²) in [6.45, 7) is 3.94. The smallest absolute Gasteiger partial charge is 0.253 e. The van der Waals surface area contributed by atoms with Crippen LogP contribution in [0.1, 0.15) is 46.3 Å². The van der Waals surface area contributed by atoms with E-state index in [2.05, 4.69) is 15.2 Å². The summed E-state index contributed by atoms with van der Waals surface area (Å²) in [5.41, 5.74) is 1.88. The van der Waals surface area contributed by atoms with Crippen LogP contribution in [0.4, 0.5) is 0 Å². The van der Waals surface area contributed by atoms with E-state index in [0.717, 1.165) is 29.3 Å². The molecule has 0 radical (unpaired) electrons. The van der Waals surface area contributed by atoms with E-state index in [-0.39, 0.29) is 11.8 Å². The minimum Gasteiger partial charge on any atom is -0.377 e. The summed E-state index contributed by atoms with van der Waals surface area (Å²) < 4.78 is 5.12. The van der Waals surface area contributed by atoms with Gasteiger partial charge in [0.2, 0.25) is 0 Å². The van der Waals surface area contributed by atoms with Gasteiger partial charge in [0.15, 0.2) is 11.6 Å². The Morgan fingerprint density at radius 2 is 2.20 bits per heavy atom. The van der Waals surface area contributed by atoms with Crippen LogP contribution in [0.2, 0.25) is 0 Å². The van der Waals surface area contributed by atoms with E-state index in [4.69, 9.17) is 4.74 Å². The highest BCUT2D eigenvalue weighted by atomic mass is 16.5. The Hall–Kier alpha value is -2.21. The highest BCUT2D eigenvalue weighted by Crippen LogP contribution is 2.47. The van der Waals surface area contributed by atoms with Crippen LogP contribution in [0.15, 0.2) is 24.3 Å². The number of aromatic amines is 1. The van der Waals surface area contributed by atoms with Crippen LogP contribution in [0, 0.1) is 18.8 Å². The van der Waals surface area contributed by atoms with Crippen molar-refractivity contribution in [3.8, 4) is 0 Å². The Kier molecular flexibility index (Phi) is 4.29. The van der Waals surface area contributed by atoms with Crippen molar-refractivity contribution in [3.05, 3.63) is 47.0 Å². The fourth-order valence-corrected chi connectivity index (χ4v) is 3.91. The standard InChI is InChI=1S/C19H24N4O2/c1-12-4-3-5-14(8-12)19(24)23-9-15(13-6-7-13)16(10-23)18-20-17(11-25-2)21-22-18/h3-5,8,13,15-16H,6-7,9-11H2,1-2H3,(H,20,21,22)/t15-,16+/m1/s1. The van der Waals surface area contributed by atoms with Crippen molar-refractivity contribution < 1.29 is 9.53 Å². The molecule has 1 saturated carbocycles. The van der Waals surface area contributed by atoms with Crippen LogP contribution in [0.5, 0.6) is 0 Å². The predicted octanol–water partition coefficient (Wildman–Crippen LogP) is 2.53. The molecule has 0 bridgehead atoms. The van der Waals surface area contributed by atoms with Crippen molar-refractivity contribution in [2.24, 2.45) is 11.8 Å². The number of amides is 1. The number of hydrogen-bond donors (Lipinski definition) is 1. The maximum absolute atomic E-state index is 12.9. The number of likely N-dealkylation sites (tertiary alicyclic amines) is 1. The minimum absolute atomic E-state index is 0.115. The lowest BCUT2D eigenvalue weighted by atomic mass is 9.91. The number of ether oxygens (including phenoxy) is 1. The van der Waals surface area contributed by atoms with Gasteiger partial charge in [-0.05, 0) is 43.7 Å². The number of nitrogens with zero attached hydrogens (tertiary/aromatic N) is 3. The van der Waals surface area contributed by atoms with E-state index < -0.39 is 0 Å². The fraction of sp³-hybridized carbons (Fsp3) is 0.526. The maximum atomic E-state index is 12.9. The van der Waals surface area contributed by atoms with Crippen LogP contribution in [-0.2, 0) is 11.3 Å². The molecule has 2 fully saturated rings. The summed E-state index contributed by atoms with van der Waals surface area (Å²) in [7, 11) is 1.65. The first-order valence-electron chi connectivity index (χ1n) is 8.91. The summed E-state index contributed by atoms with van der Waals surface area (Å²) in [5, 5.41) is 7.36. The average molecular weight is 340 g/mol. The number of nitrogens with one attached hydrogen (secondary N) is 1. The fourth-order valence-electron chi connectivity index (χ4n) is 3.91. The van der Waals surface area contributed by atoms with Crippen molar-refractivity contribution in [1.29, 1.82) is 0 Å². The first-order chi connectivity index (χ1) is 12.2. The molecule has 1 saturated heterocycles. The van der Waals surface area contributed by atoms with E-state index in [1.165, 1.54) is 12.8 Å². The third-order valence-corrected chi connectivity index (χ3v) is 5.31. The molecular formula is C19H24N4O2. The maximum Gasteiger partial charge on any atom is 0.253 e. The molecule has 2 aliphatic rings. The molecule has 6 heteroatoms. The zero-order valence-corrected chi connectivity index (χ0v) is 14.7. The number of rotatable bonds is 5. The largest absolute Gasteiger partial charge is 0.377 e. The van der Waals surface area contributed by atoms with Gasteiger partial charge in [0.1, 0.15) is 6.61 Å². The zero-order valence-electron chi connectivity index (χ0n) is 14.7. The minimum atomic E-state index is 0.115. The molecule has 1 aliphatic carbocycles. The van der Waals surface area contributed by atoms with Crippen LogP contribution in [0.3, 0.4) is 0 Å². The lowest BCUT2D eigenvalue weighted by molar-refractivity contribution is 0.0784. The second kappa shape index (κ2) is 6.59. The summed E-state index contributed by atoms with van der Waals surface area (Å²) in [5.74, 6) is 3.05. The third-order valence-electron chi connectivity index (χ3n) is 5.31.